The van der Waals surface area contributed by atoms with Gasteiger partial charge in [-0.1, -0.05) is 24.3 Å². The van der Waals surface area contributed by atoms with E-state index in [4.69, 9.17) is 14.2 Å². The summed E-state index contributed by atoms with van der Waals surface area (Å²) in [7, 11) is 3.04. The molecule has 38 heavy (non-hydrogen) atoms. The summed E-state index contributed by atoms with van der Waals surface area (Å²) in [5, 5.41) is 2.50. The third kappa shape index (κ3) is 7.42. The van der Waals surface area contributed by atoms with Crippen LogP contribution in [0.25, 0.3) is 17.2 Å². The number of benzene rings is 1. The molecule has 1 aliphatic heterocycles. The van der Waals surface area contributed by atoms with Gasteiger partial charge in [0.15, 0.2) is 0 Å². The molecule has 1 aromatic heterocycles. The van der Waals surface area contributed by atoms with Crippen LogP contribution >= 0.6 is 0 Å². The molecule has 0 aliphatic carbocycles. The number of hydrogen-bond donors (Lipinski definition) is 1. The lowest BCUT2D eigenvalue weighted by Crippen LogP contribution is -2.39. The van der Waals surface area contributed by atoms with Gasteiger partial charge in [-0.25, -0.2) is 14.4 Å². The number of morpholine rings is 1. The monoisotopic (exact) mass is 528 g/mol. The molecule has 0 radical (unpaired) electrons. The van der Waals surface area contributed by atoms with Gasteiger partial charge in [0.25, 0.3) is 5.56 Å². The smallest absolute Gasteiger partial charge is 0.412 e. The van der Waals surface area contributed by atoms with Gasteiger partial charge in [0, 0.05) is 39.4 Å². The minimum Gasteiger partial charge on any atom is -0.460 e. The van der Waals surface area contributed by atoms with E-state index in [0.717, 1.165) is 17.7 Å². The zero-order valence-electron chi connectivity index (χ0n) is 22.8. The number of carbonyl (C=O) groups is 2. The third-order valence-corrected chi connectivity index (χ3v) is 6.07. The summed E-state index contributed by atoms with van der Waals surface area (Å²) in [5.41, 5.74) is 0.512. The Morgan fingerprint density at radius 1 is 1.05 bits per heavy atom. The summed E-state index contributed by atoms with van der Waals surface area (Å²) in [5.74, 6) is -0.698. The van der Waals surface area contributed by atoms with Crippen molar-refractivity contribution < 1.29 is 23.8 Å². The standard InChI is InChI=1S/C27H36N4O7/c1-18-22(23(32)30(6)26(35)29(18)5)20-9-7-19(8-10-20)17-21(28-25(34)38-27(2,3)4)24(33)37-16-13-31-11-14-36-15-12-31/h7-10,17H,11-16H2,1-6H3,(H,28,34)/b21-17-. The van der Waals surface area contributed by atoms with Gasteiger partial charge in [0.2, 0.25) is 0 Å². The number of alkyl carbamates (subject to hydrolysis) is 1. The molecular formula is C27H36N4O7. The summed E-state index contributed by atoms with van der Waals surface area (Å²) in [4.78, 5) is 52.4. The Kier molecular flexibility index (Phi) is 9.29. The first-order valence-electron chi connectivity index (χ1n) is 12.4. The van der Waals surface area contributed by atoms with E-state index in [-0.39, 0.29) is 12.3 Å². The molecule has 206 valence electrons. The molecule has 0 saturated carbocycles. The summed E-state index contributed by atoms with van der Waals surface area (Å²) >= 11 is 0. The summed E-state index contributed by atoms with van der Waals surface area (Å²) in [6.45, 7) is 10.4. The minimum atomic E-state index is -0.783. The predicted molar refractivity (Wildman–Crippen MR) is 143 cm³/mol. The first kappa shape index (κ1) is 28.9. The maximum absolute atomic E-state index is 12.9. The second-order valence-corrected chi connectivity index (χ2v) is 10.1. The molecule has 2 heterocycles. The fourth-order valence-corrected chi connectivity index (χ4v) is 3.92. The van der Waals surface area contributed by atoms with Crippen molar-refractivity contribution in [3.8, 4) is 11.1 Å². The highest BCUT2D eigenvalue weighted by molar-refractivity contribution is 5.96. The summed E-state index contributed by atoms with van der Waals surface area (Å²) in [6, 6.07) is 6.85. The van der Waals surface area contributed by atoms with Crippen molar-refractivity contribution in [3.63, 3.8) is 0 Å². The van der Waals surface area contributed by atoms with E-state index in [1.165, 1.54) is 17.7 Å². The van der Waals surface area contributed by atoms with Gasteiger partial charge < -0.3 is 18.8 Å². The van der Waals surface area contributed by atoms with Crippen molar-refractivity contribution in [2.45, 2.75) is 33.3 Å². The molecule has 1 fully saturated rings. The number of aromatic nitrogens is 2. The van der Waals surface area contributed by atoms with Crippen molar-refractivity contribution in [2.75, 3.05) is 39.5 Å². The Morgan fingerprint density at radius 3 is 2.29 bits per heavy atom. The number of ether oxygens (including phenoxy) is 3. The number of amides is 1. The highest BCUT2D eigenvalue weighted by Crippen LogP contribution is 2.20. The van der Waals surface area contributed by atoms with Gasteiger partial charge in [-0.3, -0.25) is 19.6 Å². The lowest BCUT2D eigenvalue weighted by molar-refractivity contribution is -0.140. The number of hydrogen-bond acceptors (Lipinski definition) is 8. The van der Waals surface area contributed by atoms with Crippen LogP contribution < -0.4 is 16.6 Å². The molecule has 1 aliphatic rings. The van der Waals surface area contributed by atoms with E-state index in [1.54, 1.807) is 59.0 Å². The van der Waals surface area contributed by atoms with Crippen LogP contribution in [0.2, 0.25) is 0 Å². The highest BCUT2D eigenvalue weighted by Gasteiger charge is 2.21. The molecule has 2 aromatic rings. The average molecular weight is 529 g/mol. The van der Waals surface area contributed by atoms with Gasteiger partial charge in [0.1, 0.15) is 17.9 Å². The van der Waals surface area contributed by atoms with Crippen LogP contribution in [0.5, 0.6) is 0 Å². The van der Waals surface area contributed by atoms with Crippen molar-refractivity contribution in [2.24, 2.45) is 14.1 Å². The maximum atomic E-state index is 12.9. The number of nitrogens with one attached hydrogen (secondary N) is 1. The molecule has 3 rings (SSSR count). The Labute approximate surface area is 221 Å². The fourth-order valence-electron chi connectivity index (χ4n) is 3.92. The molecule has 11 heteroatoms. The van der Waals surface area contributed by atoms with Crippen molar-refractivity contribution in [1.82, 2.24) is 19.4 Å². The third-order valence-electron chi connectivity index (χ3n) is 6.07. The topological polar surface area (TPSA) is 121 Å². The Morgan fingerprint density at radius 2 is 1.68 bits per heavy atom. The largest absolute Gasteiger partial charge is 0.460 e. The van der Waals surface area contributed by atoms with Crippen LogP contribution in [0.4, 0.5) is 4.79 Å². The molecule has 0 unspecified atom stereocenters. The van der Waals surface area contributed by atoms with Gasteiger partial charge in [0.05, 0.1) is 18.8 Å². The molecule has 1 N–H and O–H groups in total. The molecule has 0 spiro atoms. The van der Waals surface area contributed by atoms with Crippen molar-refractivity contribution in [3.05, 3.63) is 62.1 Å². The molecular weight excluding hydrogens is 492 g/mol. The predicted octanol–water partition coefficient (Wildman–Crippen LogP) is 1.80. The van der Waals surface area contributed by atoms with Gasteiger partial charge in [-0.15, -0.1) is 0 Å². The van der Waals surface area contributed by atoms with Crippen molar-refractivity contribution in [1.29, 1.82) is 0 Å². The Hall–Kier alpha value is -3.70. The molecule has 1 amide bonds. The zero-order valence-corrected chi connectivity index (χ0v) is 22.8. The molecule has 11 nitrogen and oxygen atoms in total. The van der Waals surface area contributed by atoms with Gasteiger partial charge in [-0.05, 0) is 44.9 Å². The van der Waals surface area contributed by atoms with Crippen LogP contribution in [0.1, 0.15) is 32.0 Å². The van der Waals surface area contributed by atoms with Crippen LogP contribution in [-0.4, -0.2) is 71.2 Å². The van der Waals surface area contributed by atoms with E-state index in [2.05, 4.69) is 10.2 Å². The quantitative estimate of drug-likeness (QED) is 0.427. The van der Waals surface area contributed by atoms with Crippen LogP contribution in [-0.2, 0) is 33.1 Å². The Bertz CT molecular complexity index is 1310. The summed E-state index contributed by atoms with van der Waals surface area (Å²) < 4.78 is 18.5. The highest BCUT2D eigenvalue weighted by atomic mass is 16.6. The van der Waals surface area contributed by atoms with Gasteiger partial charge in [-0.2, -0.15) is 0 Å². The first-order valence-corrected chi connectivity index (χ1v) is 12.4. The number of rotatable bonds is 7. The van der Waals surface area contributed by atoms with E-state index in [1.807, 2.05) is 0 Å². The lowest BCUT2D eigenvalue weighted by atomic mass is 10.0. The van der Waals surface area contributed by atoms with E-state index in [9.17, 15) is 19.2 Å². The van der Waals surface area contributed by atoms with E-state index >= 15 is 0 Å². The van der Waals surface area contributed by atoms with Crippen LogP contribution in [0, 0.1) is 6.92 Å². The SMILES string of the molecule is Cc1c(-c2ccc(/C=C(\NC(=O)OC(C)(C)C)C(=O)OCCN3CCOCC3)cc2)c(=O)n(C)c(=O)n1C. The second kappa shape index (κ2) is 12.2. The molecule has 1 aromatic carbocycles. The van der Waals surface area contributed by atoms with Crippen LogP contribution in [0.3, 0.4) is 0 Å². The van der Waals surface area contributed by atoms with Crippen LogP contribution in [0.15, 0.2) is 39.6 Å². The normalized spacial score (nSPS) is 14.7. The lowest BCUT2D eigenvalue weighted by Gasteiger charge is -2.26. The minimum absolute atomic E-state index is 0.0804. The first-order chi connectivity index (χ1) is 17.9. The number of nitrogens with zero attached hydrogens (tertiary/aromatic N) is 3. The second-order valence-electron chi connectivity index (χ2n) is 10.1. The number of esters is 1. The molecule has 1 saturated heterocycles. The molecule has 0 bridgehead atoms. The number of carbonyl (C=O) groups excluding carboxylic acids is 2. The zero-order chi connectivity index (χ0) is 28.0. The maximum Gasteiger partial charge on any atom is 0.412 e. The Balaban J connectivity index is 1.84. The molecule has 0 atom stereocenters. The van der Waals surface area contributed by atoms with Crippen molar-refractivity contribution >= 4 is 18.1 Å². The van der Waals surface area contributed by atoms with Gasteiger partial charge >= 0.3 is 17.8 Å². The average Bonchev–Trinajstić information content (AvgIpc) is 2.86. The summed E-state index contributed by atoms with van der Waals surface area (Å²) in [6.07, 6.45) is 0.700. The van der Waals surface area contributed by atoms with E-state index in [0.29, 0.717) is 42.1 Å². The van der Waals surface area contributed by atoms with E-state index < -0.39 is 28.9 Å². The fraction of sp³-hybridized carbons (Fsp3) is 0.481.